The number of carbonyl (C=O) groups excluding carboxylic acids is 1. The van der Waals surface area contributed by atoms with Crippen molar-refractivity contribution in [2.24, 2.45) is 0 Å². The van der Waals surface area contributed by atoms with Crippen LogP contribution in [-0.2, 0) is 13.2 Å². The second-order valence-corrected chi connectivity index (χ2v) is 5.48. The van der Waals surface area contributed by atoms with Crippen molar-refractivity contribution in [2.45, 2.75) is 13.2 Å². The molecule has 0 aliphatic rings. The summed E-state index contributed by atoms with van der Waals surface area (Å²) in [5.74, 6) is 0.605. The molecule has 3 aromatic rings. The molecule has 0 saturated heterocycles. The number of ether oxygens (including phenoxy) is 1. The first-order chi connectivity index (χ1) is 12.6. The summed E-state index contributed by atoms with van der Waals surface area (Å²) >= 11 is 0. The molecular formula is C19H16N2O5. The molecule has 0 aliphatic heterocycles. The van der Waals surface area contributed by atoms with E-state index in [0.29, 0.717) is 17.9 Å². The van der Waals surface area contributed by atoms with Gasteiger partial charge in [0.15, 0.2) is 5.75 Å². The predicted octanol–water partition coefficient (Wildman–Crippen LogP) is 3.70. The molecule has 3 rings (SSSR count). The molecule has 2 aromatic carbocycles. The van der Waals surface area contributed by atoms with E-state index in [-0.39, 0.29) is 24.0 Å². The van der Waals surface area contributed by atoms with Gasteiger partial charge >= 0.3 is 5.69 Å². The second-order valence-electron chi connectivity index (χ2n) is 5.48. The molecular weight excluding hydrogens is 336 g/mol. The highest BCUT2D eigenvalue weighted by Gasteiger charge is 2.14. The van der Waals surface area contributed by atoms with Crippen LogP contribution in [0.15, 0.2) is 71.3 Å². The number of hydrogen-bond donors (Lipinski definition) is 1. The van der Waals surface area contributed by atoms with Gasteiger partial charge in [-0.2, -0.15) is 0 Å². The molecule has 1 heterocycles. The van der Waals surface area contributed by atoms with E-state index in [1.807, 2.05) is 0 Å². The summed E-state index contributed by atoms with van der Waals surface area (Å²) in [6.07, 6.45) is 1.54. The van der Waals surface area contributed by atoms with Crippen LogP contribution >= 0.6 is 0 Å². The largest absolute Gasteiger partial charge is 0.482 e. The van der Waals surface area contributed by atoms with Crippen molar-refractivity contribution in [1.29, 1.82) is 0 Å². The summed E-state index contributed by atoms with van der Waals surface area (Å²) in [4.78, 5) is 22.7. The second kappa shape index (κ2) is 7.98. The van der Waals surface area contributed by atoms with Crippen LogP contribution in [0.4, 0.5) is 5.69 Å². The van der Waals surface area contributed by atoms with E-state index in [0.717, 1.165) is 5.56 Å². The van der Waals surface area contributed by atoms with Gasteiger partial charge in [0.05, 0.1) is 17.7 Å². The number of hydrogen-bond acceptors (Lipinski definition) is 5. The molecule has 0 fully saturated rings. The Bertz CT molecular complexity index is 906. The van der Waals surface area contributed by atoms with Crippen LogP contribution in [0.5, 0.6) is 5.75 Å². The van der Waals surface area contributed by atoms with Crippen LogP contribution in [0, 0.1) is 10.1 Å². The fraction of sp³-hybridized carbons (Fsp3) is 0.105. The first-order valence-corrected chi connectivity index (χ1v) is 7.89. The fourth-order valence-corrected chi connectivity index (χ4v) is 2.38. The van der Waals surface area contributed by atoms with Gasteiger partial charge in [0, 0.05) is 11.6 Å². The van der Waals surface area contributed by atoms with Crippen molar-refractivity contribution in [3.63, 3.8) is 0 Å². The minimum atomic E-state index is -0.492. The van der Waals surface area contributed by atoms with E-state index in [1.54, 1.807) is 54.8 Å². The average molecular weight is 352 g/mol. The van der Waals surface area contributed by atoms with Crippen LogP contribution in [-0.4, -0.2) is 10.8 Å². The Morgan fingerprint density at radius 1 is 1.12 bits per heavy atom. The number of nitrogens with zero attached hydrogens (tertiary/aromatic N) is 1. The lowest BCUT2D eigenvalue weighted by atomic mass is 10.1. The number of nitro benzene ring substituents is 1. The molecule has 1 aromatic heterocycles. The minimum absolute atomic E-state index is 0.0974. The smallest absolute Gasteiger partial charge is 0.310 e. The third-order valence-electron chi connectivity index (χ3n) is 3.65. The quantitative estimate of drug-likeness (QED) is 0.517. The Balaban J connectivity index is 1.64. The van der Waals surface area contributed by atoms with Crippen molar-refractivity contribution in [3.05, 3.63) is 93.9 Å². The number of furan rings is 1. The van der Waals surface area contributed by atoms with Gasteiger partial charge in [-0.15, -0.1) is 0 Å². The van der Waals surface area contributed by atoms with Gasteiger partial charge in [-0.1, -0.05) is 24.3 Å². The summed E-state index contributed by atoms with van der Waals surface area (Å²) in [6.45, 7) is 0.410. The van der Waals surface area contributed by atoms with E-state index < -0.39 is 4.92 Å². The van der Waals surface area contributed by atoms with Crippen molar-refractivity contribution < 1.29 is 18.9 Å². The molecule has 7 nitrogen and oxygen atoms in total. The van der Waals surface area contributed by atoms with E-state index in [2.05, 4.69) is 5.32 Å². The average Bonchev–Trinajstić information content (AvgIpc) is 3.18. The summed E-state index contributed by atoms with van der Waals surface area (Å²) in [5.41, 5.74) is 1.11. The number of carbonyl (C=O) groups is 1. The van der Waals surface area contributed by atoms with Crippen molar-refractivity contribution >= 4 is 11.6 Å². The third-order valence-corrected chi connectivity index (χ3v) is 3.65. The number of nitro groups is 1. The van der Waals surface area contributed by atoms with Crippen LogP contribution in [0.1, 0.15) is 21.7 Å². The first kappa shape index (κ1) is 17.2. The maximum Gasteiger partial charge on any atom is 0.310 e. The van der Waals surface area contributed by atoms with E-state index in [1.165, 1.54) is 12.1 Å². The van der Waals surface area contributed by atoms with Gasteiger partial charge in [-0.25, -0.2) is 0 Å². The molecule has 0 saturated carbocycles. The molecule has 0 aliphatic carbocycles. The number of amides is 1. The van der Waals surface area contributed by atoms with Crippen LogP contribution in [0.2, 0.25) is 0 Å². The molecule has 0 atom stereocenters. The number of para-hydroxylation sites is 2. The third kappa shape index (κ3) is 4.27. The van der Waals surface area contributed by atoms with Crippen molar-refractivity contribution in [1.82, 2.24) is 5.32 Å². The monoisotopic (exact) mass is 352 g/mol. The molecule has 7 heteroatoms. The highest BCUT2D eigenvalue weighted by molar-refractivity contribution is 5.94. The van der Waals surface area contributed by atoms with Crippen LogP contribution in [0.3, 0.4) is 0 Å². The Hall–Kier alpha value is -3.61. The molecule has 26 heavy (non-hydrogen) atoms. The standard InChI is InChI=1S/C19H16N2O5/c22-19(20-12-16-7-4-10-25-16)15-6-3-5-14(11-15)13-26-18-9-2-1-8-17(18)21(23)24/h1-11H,12-13H2,(H,20,22). The Labute approximate surface area is 149 Å². The normalized spacial score (nSPS) is 10.3. The molecule has 0 spiro atoms. The molecule has 0 unspecified atom stereocenters. The summed E-state index contributed by atoms with van der Waals surface area (Å²) in [7, 11) is 0. The SMILES string of the molecule is O=C(NCc1ccco1)c1cccc(COc2ccccc2[N+](=O)[O-])c1. The van der Waals surface area contributed by atoms with Gasteiger partial charge in [-0.05, 0) is 35.9 Å². The lowest BCUT2D eigenvalue weighted by Gasteiger charge is -2.08. The number of rotatable bonds is 7. The zero-order chi connectivity index (χ0) is 18.4. The fourth-order valence-electron chi connectivity index (χ4n) is 2.38. The lowest BCUT2D eigenvalue weighted by Crippen LogP contribution is -2.22. The van der Waals surface area contributed by atoms with Gasteiger partial charge in [0.2, 0.25) is 0 Å². The first-order valence-electron chi connectivity index (χ1n) is 7.89. The molecule has 1 N–H and O–H groups in total. The molecule has 0 bridgehead atoms. The predicted molar refractivity (Wildman–Crippen MR) is 93.7 cm³/mol. The van der Waals surface area contributed by atoms with E-state index in [4.69, 9.17) is 9.15 Å². The van der Waals surface area contributed by atoms with E-state index in [9.17, 15) is 14.9 Å². The molecule has 0 radical (unpaired) electrons. The summed E-state index contributed by atoms with van der Waals surface area (Å²) < 4.78 is 10.7. The molecule has 1 amide bonds. The van der Waals surface area contributed by atoms with Gasteiger partial charge < -0.3 is 14.5 Å². The van der Waals surface area contributed by atoms with E-state index >= 15 is 0 Å². The number of benzene rings is 2. The van der Waals surface area contributed by atoms with Gasteiger partial charge in [0.25, 0.3) is 5.91 Å². The zero-order valence-corrected chi connectivity index (χ0v) is 13.8. The van der Waals surface area contributed by atoms with Crippen LogP contribution in [0.25, 0.3) is 0 Å². The topological polar surface area (TPSA) is 94.6 Å². The lowest BCUT2D eigenvalue weighted by molar-refractivity contribution is -0.385. The number of nitrogens with one attached hydrogen (secondary N) is 1. The Morgan fingerprint density at radius 2 is 1.96 bits per heavy atom. The van der Waals surface area contributed by atoms with Gasteiger partial charge in [-0.3, -0.25) is 14.9 Å². The summed E-state index contributed by atoms with van der Waals surface area (Å²) in [5, 5.41) is 13.8. The Kier molecular flexibility index (Phi) is 5.28. The maximum atomic E-state index is 12.2. The van der Waals surface area contributed by atoms with Gasteiger partial charge in [0.1, 0.15) is 12.4 Å². The highest BCUT2D eigenvalue weighted by atomic mass is 16.6. The maximum absolute atomic E-state index is 12.2. The van der Waals surface area contributed by atoms with Crippen LogP contribution < -0.4 is 10.1 Å². The highest BCUT2D eigenvalue weighted by Crippen LogP contribution is 2.26. The van der Waals surface area contributed by atoms with Crippen molar-refractivity contribution in [2.75, 3.05) is 0 Å². The Morgan fingerprint density at radius 3 is 2.73 bits per heavy atom. The van der Waals surface area contributed by atoms with Crippen molar-refractivity contribution in [3.8, 4) is 5.75 Å². The molecule has 132 valence electrons. The minimum Gasteiger partial charge on any atom is -0.482 e. The summed E-state index contributed by atoms with van der Waals surface area (Å²) in [6, 6.07) is 16.6. The zero-order valence-electron chi connectivity index (χ0n) is 13.8.